The maximum Gasteiger partial charge on any atom is 0.273 e. The highest BCUT2D eigenvalue weighted by Gasteiger charge is 2.26. The van der Waals surface area contributed by atoms with Crippen molar-refractivity contribution < 1.29 is 18.5 Å². The summed E-state index contributed by atoms with van der Waals surface area (Å²) < 4.78 is 10.1. The standard InChI is InChI=1S/C16H19N3O4/c1-10-9-14(18-23-10)15(20)17-12-3-6-19(7-4-12)16(21)13-5-8-22-11(13)2/h5,8-9,12H,3-4,6-7H2,1-2H3,(H,17,20). The van der Waals surface area contributed by atoms with Gasteiger partial charge in [0.25, 0.3) is 11.8 Å². The van der Waals surface area contributed by atoms with Crippen molar-refractivity contribution in [1.29, 1.82) is 0 Å². The lowest BCUT2D eigenvalue weighted by atomic mass is 10.0. The Morgan fingerprint density at radius 2 is 2.04 bits per heavy atom. The fraction of sp³-hybridized carbons (Fsp3) is 0.438. The molecule has 2 aromatic rings. The van der Waals surface area contributed by atoms with Crippen LogP contribution < -0.4 is 5.32 Å². The predicted octanol–water partition coefficient (Wildman–Crippen LogP) is 1.92. The van der Waals surface area contributed by atoms with Gasteiger partial charge in [0.15, 0.2) is 5.69 Å². The Kier molecular flexibility index (Phi) is 4.18. The first-order valence-corrected chi connectivity index (χ1v) is 7.62. The van der Waals surface area contributed by atoms with Crippen molar-refractivity contribution in [2.45, 2.75) is 32.7 Å². The highest BCUT2D eigenvalue weighted by atomic mass is 16.5. The Morgan fingerprint density at radius 3 is 2.61 bits per heavy atom. The highest BCUT2D eigenvalue weighted by molar-refractivity contribution is 5.95. The zero-order valence-corrected chi connectivity index (χ0v) is 13.2. The topological polar surface area (TPSA) is 88.6 Å². The first-order chi connectivity index (χ1) is 11.0. The van der Waals surface area contributed by atoms with Gasteiger partial charge in [0, 0.05) is 25.2 Å². The minimum absolute atomic E-state index is 0.0202. The zero-order chi connectivity index (χ0) is 16.4. The van der Waals surface area contributed by atoms with Crippen LogP contribution in [0.25, 0.3) is 0 Å². The van der Waals surface area contributed by atoms with E-state index in [9.17, 15) is 9.59 Å². The van der Waals surface area contributed by atoms with Gasteiger partial charge in [-0.25, -0.2) is 0 Å². The summed E-state index contributed by atoms with van der Waals surface area (Å²) in [5.74, 6) is 0.975. The molecule has 7 heteroatoms. The van der Waals surface area contributed by atoms with Crippen LogP contribution >= 0.6 is 0 Å². The molecule has 1 N–H and O–H groups in total. The maximum absolute atomic E-state index is 12.4. The van der Waals surface area contributed by atoms with Crippen LogP contribution in [-0.2, 0) is 0 Å². The van der Waals surface area contributed by atoms with E-state index in [1.807, 2.05) is 0 Å². The van der Waals surface area contributed by atoms with Crippen LogP contribution in [0.1, 0.15) is 45.2 Å². The number of nitrogens with one attached hydrogen (secondary N) is 1. The van der Waals surface area contributed by atoms with Crippen molar-refractivity contribution in [3.63, 3.8) is 0 Å². The second kappa shape index (κ2) is 6.28. The number of aryl methyl sites for hydroxylation is 2. The Hall–Kier alpha value is -2.57. The molecule has 2 amide bonds. The molecule has 0 aromatic carbocycles. The molecule has 2 aromatic heterocycles. The van der Waals surface area contributed by atoms with Crippen LogP contribution in [0, 0.1) is 13.8 Å². The third kappa shape index (κ3) is 3.28. The number of furan rings is 1. The molecule has 0 radical (unpaired) electrons. The second-order valence-electron chi connectivity index (χ2n) is 5.75. The van der Waals surface area contributed by atoms with E-state index in [1.54, 1.807) is 30.9 Å². The number of amides is 2. The minimum atomic E-state index is -0.239. The van der Waals surface area contributed by atoms with Crippen molar-refractivity contribution in [2.24, 2.45) is 0 Å². The van der Waals surface area contributed by atoms with Gasteiger partial charge in [-0.2, -0.15) is 0 Å². The molecule has 1 fully saturated rings. The van der Waals surface area contributed by atoms with Crippen molar-refractivity contribution in [3.8, 4) is 0 Å². The number of nitrogens with zero attached hydrogens (tertiary/aromatic N) is 2. The number of likely N-dealkylation sites (tertiary alicyclic amines) is 1. The average Bonchev–Trinajstić information content (AvgIpc) is 3.16. The van der Waals surface area contributed by atoms with E-state index in [4.69, 9.17) is 8.94 Å². The van der Waals surface area contributed by atoms with Crippen LogP contribution in [0.15, 0.2) is 27.3 Å². The third-order valence-corrected chi connectivity index (χ3v) is 4.07. The molecule has 122 valence electrons. The molecule has 3 heterocycles. The summed E-state index contributed by atoms with van der Waals surface area (Å²) in [7, 11) is 0. The molecule has 0 unspecified atom stereocenters. The molecule has 1 aliphatic rings. The van der Waals surface area contributed by atoms with Gasteiger partial charge in [-0.05, 0) is 32.8 Å². The molecule has 0 bridgehead atoms. The molecule has 3 rings (SSSR count). The van der Waals surface area contributed by atoms with Crippen LogP contribution in [0.3, 0.4) is 0 Å². The van der Waals surface area contributed by atoms with Crippen molar-refractivity contribution >= 4 is 11.8 Å². The molecule has 7 nitrogen and oxygen atoms in total. The van der Waals surface area contributed by atoms with Gasteiger partial charge in [0.2, 0.25) is 0 Å². The molecule has 0 spiro atoms. The summed E-state index contributed by atoms with van der Waals surface area (Å²) in [6.45, 7) is 4.73. The van der Waals surface area contributed by atoms with Gasteiger partial charge in [0.1, 0.15) is 11.5 Å². The summed E-state index contributed by atoms with van der Waals surface area (Å²) in [6.07, 6.45) is 2.95. The summed E-state index contributed by atoms with van der Waals surface area (Å²) >= 11 is 0. The number of hydrogen-bond donors (Lipinski definition) is 1. The molecule has 1 aliphatic heterocycles. The summed E-state index contributed by atoms with van der Waals surface area (Å²) in [5.41, 5.74) is 0.889. The van der Waals surface area contributed by atoms with Crippen molar-refractivity contribution in [1.82, 2.24) is 15.4 Å². The Morgan fingerprint density at radius 1 is 1.30 bits per heavy atom. The SMILES string of the molecule is Cc1cc(C(=O)NC2CCN(C(=O)c3ccoc3C)CC2)no1. The number of piperidine rings is 1. The summed E-state index contributed by atoms with van der Waals surface area (Å²) in [6, 6.07) is 3.34. The first kappa shape index (κ1) is 15.3. The number of rotatable bonds is 3. The van der Waals surface area contributed by atoms with E-state index in [-0.39, 0.29) is 23.6 Å². The van der Waals surface area contributed by atoms with Crippen LogP contribution in [0.2, 0.25) is 0 Å². The van der Waals surface area contributed by atoms with Gasteiger partial charge in [-0.15, -0.1) is 0 Å². The van der Waals surface area contributed by atoms with Crippen molar-refractivity contribution in [2.75, 3.05) is 13.1 Å². The highest BCUT2D eigenvalue weighted by Crippen LogP contribution is 2.17. The second-order valence-corrected chi connectivity index (χ2v) is 5.75. The normalized spacial score (nSPS) is 15.7. The number of aromatic nitrogens is 1. The largest absolute Gasteiger partial charge is 0.469 e. The summed E-state index contributed by atoms with van der Waals surface area (Å²) in [5, 5.41) is 6.64. The Labute approximate surface area is 133 Å². The molecule has 1 saturated heterocycles. The van der Waals surface area contributed by atoms with Gasteiger partial charge >= 0.3 is 0 Å². The smallest absolute Gasteiger partial charge is 0.273 e. The van der Waals surface area contributed by atoms with Crippen LogP contribution in [0.5, 0.6) is 0 Å². The van der Waals surface area contributed by atoms with Crippen LogP contribution in [0.4, 0.5) is 0 Å². The lowest BCUT2D eigenvalue weighted by molar-refractivity contribution is 0.0696. The van der Waals surface area contributed by atoms with E-state index in [0.29, 0.717) is 43.0 Å². The monoisotopic (exact) mass is 317 g/mol. The van der Waals surface area contributed by atoms with E-state index in [1.165, 1.54) is 6.26 Å². The number of hydrogen-bond acceptors (Lipinski definition) is 5. The number of carbonyl (C=O) groups is 2. The van der Waals surface area contributed by atoms with E-state index < -0.39 is 0 Å². The van der Waals surface area contributed by atoms with Gasteiger partial charge in [-0.3, -0.25) is 9.59 Å². The van der Waals surface area contributed by atoms with Gasteiger partial charge < -0.3 is 19.2 Å². The fourth-order valence-corrected chi connectivity index (χ4v) is 2.74. The van der Waals surface area contributed by atoms with Gasteiger partial charge in [0.05, 0.1) is 11.8 Å². The Bertz CT molecular complexity index is 710. The number of carbonyl (C=O) groups excluding carboxylic acids is 2. The zero-order valence-electron chi connectivity index (χ0n) is 13.2. The quantitative estimate of drug-likeness (QED) is 0.934. The molecule has 23 heavy (non-hydrogen) atoms. The summed E-state index contributed by atoms with van der Waals surface area (Å²) in [4.78, 5) is 26.2. The predicted molar refractivity (Wildman–Crippen MR) is 81.1 cm³/mol. The van der Waals surface area contributed by atoms with Gasteiger partial charge in [-0.1, -0.05) is 5.16 Å². The van der Waals surface area contributed by atoms with E-state index in [0.717, 1.165) is 0 Å². The molecule has 0 aliphatic carbocycles. The van der Waals surface area contributed by atoms with Crippen molar-refractivity contribution in [3.05, 3.63) is 41.2 Å². The first-order valence-electron chi connectivity index (χ1n) is 7.62. The van der Waals surface area contributed by atoms with E-state index >= 15 is 0 Å². The molecule has 0 atom stereocenters. The molecular formula is C16H19N3O4. The maximum atomic E-state index is 12.4. The van der Waals surface area contributed by atoms with Crippen LogP contribution in [-0.4, -0.2) is 41.0 Å². The fourth-order valence-electron chi connectivity index (χ4n) is 2.74. The average molecular weight is 317 g/mol. The molecule has 0 saturated carbocycles. The Balaban J connectivity index is 1.53. The van der Waals surface area contributed by atoms with E-state index in [2.05, 4.69) is 10.5 Å². The molecular weight excluding hydrogens is 298 g/mol. The lowest BCUT2D eigenvalue weighted by Gasteiger charge is -2.32. The third-order valence-electron chi connectivity index (χ3n) is 4.07. The lowest BCUT2D eigenvalue weighted by Crippen LogP contribution is -2.46. The minimum Gasteiger partial charge on any atom is -0.469 e.